The normalized spacial score (nSPS) is 21.4. The van der Waals surface area contributed by atoms with Crippen LogP contribution in [0.15, 0.2) is 24.3 Å². The molecule has 1 aromatic rings. The fourth-order valence-corrected chi connectivity index (χ4v) is 6.19. The number of alkyl carbamates (subject to hydrolysis) is 1. The number of nitrogens with zero attached hydrogens (tertiary/aromatic N) is 1. The quantitative estimate of drug-likeness (QED) is 0.261. The maximum atomic E-state index is 13.6. The number of urea groups is 1. The topological polar surface area (TPSA) is 120 Å². The van der Waals surface area contributed by atoms with E-state index in [9.17, 15) is 19.8 Å². The molecule has 1 aromatic carbocycles. The Balaban J connectivity index is 1.69. The van der Waals surface area contributed by atoms with E-state index in [1.165, 1.54) is 26.4 Å². The number of amides is 3. The second kappa shape index (κ2) is 16.4. The van der Waals surface area contributed by atoms with Crippen LogP contribution in [0, 0.1) is 17.8 Å². The number of carbonyl (C=O) groups excluding carboxylic acids is 2. The third-order valence-electron chi connectivity index (χ3n) is 8.27. The van der Waals surface area contributed by atoms with E-state index < -0.39 is 24.3 Å². The summed E-state index contributed by atoms with van der Waals surface area (Å²) in [6, 6.07) is 6.79. The number of benzene rings is 1. The number of aliphatic hydroxyl groups excluding tert-OH is 2. The molecule has 9 nitrogen and oxygen atoms in total. The van der Waals surface area contributed by atoms with Crippen molar-refractivity contribution in [2.75, 3.05) is 33.4 Å². The van der Waals surface area contributed by atoms with Gasteiger partial charge in [0.1, 0.15) is 6.10 Å². The summed E-state index contributed by atoms with van der Waals surface area (Å²) < 4.78 is 10.9. The Hall–Kier alpha value is -2.07. The molecule has 1 aliphatic heterocycles. The lowest BCUT2D eigenvalue weighted by Gasteiger charge is -2.39. The molecule has 1 heterocycles. The molecule has 0 radical (unpaired) electrons. The molecule has 4 N–H and O–H groups in total. The Labute approximate surface area is 243 Å². The zero-order valence-electron chi connectivity index (χ0n) is 24.2. The molecule has 1 saturated carbocycles. The number of aliphatic hydroxyl groups is 2. The van der Waals surface area contributed by atoms with Gasteiger partial charge in [0.2, 0.25) is 0 Å². The molecule has 5 unspecified atom stereocenters. The molecule has 0 bridgehead atoms. The first-order chi connectivity index (χ1) is 19.2. The van der Waals surface area contributed by atoms with Gasteiger partial charge in [0.05, 0.1) is 32.0 Å². The van der Waals surface area contributed by atoms with E-state index in [2.05, 4.69) is 15.4 Å². The van der Waals surface area contributed by atoms with Gasteiger partial charge in [-0.25, -0.2) is 9.59 Å². The zero-order chi connectivity index (χ0) is 29.1. The van der Waals surface area contributed by atoms with E-state index in [1.54, 1.807) is 4.90 Å². The van der Waals surface area contributed by atoms with Crippen LogP contribution in [-0.4, -0.2) is 78.8 Å². The van der Waals surface area contributed by atoms with Gasteiger partial charge in [-0.3, -0.25) is 0 Å². The number of ether oxygens (including phenoxy) is 2. The fraction of sp³-hybridized carbons (Fsp3) is 0.733. The van der Waals surface area contributed by atoms with Crippen LogP contribution in [0.25, 0.3) is 0 Å². The van der Waals surface area contributed by atoms with Gasteiger partial charge in [0.15, 0.2) is 0 Å². The average molecular weight is 582 g/mol. The highest BCUT2D eigenvalue weighted by atomic mass is 35.5. The Bertz CT molecular complexity index is 928. The molecular weight excluding hydrogens is 534 g/mol. The minimum atomic E-state index is -1.03. The summed E-state index contributed by atoms with van der Waals surface area (Å²) in [7, 11) is 1.31. The highest BCUT2D eigenvalue weighted by Gasteiger charge is 2.35. The van der Waals surface area contributed by atoms with Crippen LogP contribution in [0.2, 0.25) is 5.02 Å². The molecule has 2 fully saturated rings. The number of piperidine rings is 1. The van der Waals surface area contributed by atoms with Crippen molar-refractivity contribution in [1.29, 1.82) is 0 Å². The lowest BCUT2D eigenvalue weighted by atomic mass is 9.82. The maximum absolute atomic E-state index is 13.6. The van der Waals surface area contributed by atoms with Crippen LogP contribution in [0.4, 0.5) is 9.59 Å². The van der Waals surface area contributed by atoms with Crippen molar-refractivity contribution in [1.82, 2.24) is 15.5 Å². The van der Waals surface area contributed by atoms with E-state index in [4.69, 9.17) is 16.3 Å². The van der Waals surface area contributed by atoms with Crippen LogP contribution >= 0.6 is 11.6 Å². The number of hydrogen-bond donors (Lipinski definition) is 4. The van der Waals surface area contributed by atoms with Crippen LogP contribution in [-0.2, 0) is 9.47 Å². The molecule has 3 rings (SSSR count). The molecule has 3 amide bonds. The van der Waals surface area contributed by atoms with Crippen LogP contribution < -0.4 is 10.6 Å². The molecule has 1 saturated heterocycles. The van der Waals surface area contributed by atoms with Crippen LogP contribution in [0.3, 0.4) is 0 Å². The van der Waals surface area contributed by atoms with Crippen molar-refractivity contribution >= 4 is 23.7 Å². The monoisotopic (exact) mass is 581 g/mol. The molecule has 10 heteroatoms. The zero-order valence-corrected chi connectivity index (χ0v) is 24.9. The van der Waals surface area contributed by atoms with Gasteiger partial charge in [-0.2, -0.15) is 0 Å². The molecule has 0 spiro atoms. The molecule has 1 aliphatic carbocycles. The molecule has 2 aliphatic rings. The molecule has 226 valence electrons. The SMILES string of the molecule is COC(=O)NCCOC(c1cccc(Cl)c1)C1CCCN(C(=O)NC(CC2CCCCC2)C(O)C(O)C(C)C)C1. The largest absolute Gasteiger partial charge is 0.453 e. The summed E-state index contributed by atoms with van der Waals surface area (Å²) in [4.78, 5) is 26.8. The molecule has 40 heavy (non-hydrogen) atoms. The van der Waals surface area contributed by atoms with Gasteiger partial charge in [-0.05, 0) is 48.8 Å². The number of hydrogen-bond acceptors (Lipinski definition) is 6. The summed E-state index contributed by atoms with van der Waals surface area (Å²) in [6.07, 6.45) is 5.30. The summed E-state index contributed by atoms with van der Waals surface area (Å²) >= 11 is 6.30. The van der Waals surface area contributed by atoms with Crippen LogP contribution in [0.1, 0.15) is 76.9 Å². The lowest BCUT2D eigenvalue weighted by molar-refractivity contribution is -0.0330. The smallest absolute Gasteiger partial charge is 0.406 e. The number of nitrogens with one attached hydrogen (secondary N) is 2. The lowest BCUT2D eigenvalue weighted by Crippen LogP contribution is -2.55. The number of methoxy groups -OCH3 is 1. The third-order valence-corrected chi connectivity index (χ3v) is 8.51. The van der Waals surface area contributed by atoms with E-state index in [1.807, 2.05) is 38.1 Å². The molecule has 5 atom stereocenters. The van der Waals surface area contributed by atoms with Crippen molar-refractivity contribution in [3.8, 4) is 0 Å². The maximum Gasteiger partial charge on any atom is 0.406 e. The van der Waals surface area contributed by atoms with E-state index in [0.717, 1.165) is 31.2 Å². The predicted molar refractivity (Wildman–Crippen MR) is 155 cm³/mol. The Morgan fingerprint density at radius 3 is 2.52 bits per heavy atom. The Morgan fingerprint density at radius 2 is 1.85 bits per heavy atom. The standard InChI is InChI=1S/C30H48ClN3O6/c1-20(2)26(35)27(36)25(17-21-9-5-4-6-10-21)33-29(37)34-15-8-12-23(19-34)28(22-11-7-13-24(31)18-22)40-16-14-32-30(38)39-3/h7,11,13,18,20-21,23,25-28,35-36H,4-6,8-10,12,14-17,19H2,1-3H3,(H,32,38)(H,33,37). The Kier molecular flexibility index (Phi) is 13.3. The summed E-state index contributed by atoms with van der Waals surface area (Å²) in [5.41, 5.74) is 0.920. The third kappa shape index (κ3) is 9.79. The van der Waals surface area contributed by atoms with Gasteiger partial charge >= 0.3 is 12.1 Å². The first-order valence-electron chi connectivity index (χ1n) is 14.8. The van der Waals surface area contributed by atoms with Crippen molar-refractivity contribution < 1.29 is 29.3 Å². The fourth-order valence-electron chi connectivity index (χ4n) is 5.99. The summed E-state index contributed by atoms with van der Waals surface area (Å²) in [6.45, 7) is 5.40. The van der Waals surface area contributed by atoms with Gasteiger partial charge in [0, 0.05) is 30.6 Å². The second-order valence-corrected chi connectivity index (χ2v) is 12.1. The average Bonchev–Trinajstić information content (AvgIpc) is 2.96. The van der Waals surface area contributed by atoms with E-state index in [-0.39, 0.29) is 30.6 Å². The van der Waals surface area contributed by atoms with Crippen molar-refractivity contribution in [2.45, 2.75) is 89.6 Å². The minimum Gasteiger partial charge on any atom is -0.453 e. The van der Waals surface area contributed by atoms with Gasteiger partial charge < -0.3 is 35.2 Å². The van der Waals surface area contributed by atoms with Crippen molar-refractivity contribution in [2.24, 2.45) is 17.8 Å². The minimum absolute atomic E-state index is 0.0130. The predicted octanol–water partition coefficient (Wildman–Crippen LogP) is 4.89. The van der Waals surface area contributed by atoms with E-state index >= 15 is 0 Å². The van der Waals surface area contributed by atoms with Crippen molar-refractivity contribution in [3.05, 3.63) is 34.9 Å². The van der Waals surface area contributed by atoms with Gasteiger partial charge in [-0.1, -0.05) is 69.7 Å². The number of likely N-dealkylation sites (tertiary alicyclic amines) is 1. The molecule has 0 aromatic heterocycles. The van der Waals surface area contributed by atoms with Gasteiger partial charge in [-0.15, -0.1) is 0 Å². The first-order valence-corrected chi connectivity index (χ1v) is 15.2. The number of halogens is 1. The molecular formula is C30H48ClN3O6. The van der Waals surface area contributed by atoms with Gasteiger partial charge in [0.25, 0.3) is 0 Å². The summed E-state index contributed by atoms with van der Waals surface area (Å²) in [5.74, 6) is 0.324. The first kappa shape index (κ1) is 32.4. The summed E-state index contributed by atoms with van der Waals surface area (Å²) in [5, 5.41) is 28.1. The van der Waals surface area contributed by atoms with Crippen LogP contribution in [0.5, 0.6) is 0 Å². The highest BCUT2D eigenvalue weighted by Crippen LogP contribution is 2.34. The highest BCUT2D eigenvalue weighted by molar-refractivity contribution is 6.30. The number of rotatable bonds is 12. The second-order valence-electron chi connectivity index (χ2n) is 11.6. The van der Waals surface area contributed by atoms with Crippen molar-refractivity contribution in [3.63, 3.8) is 0 Å². The van der Waals surface area contributed by atoms with E-state index in [0.29, 0.717) is 37.0 Å². The number of carbonyl (C=O) groups is 2. The Morgan fingerprint density at radius 1 is 1.10 bits per heavy atom.